The Bertz CT molecular complexity index is 1010. The summed E-state index contributed by atoms with van der Waals surface area (Å²) in [5, 5.41) is 0. The molecule has 15 heteroatoms. The lowest BCUT2D eigenvalue weighted by Crippen LogP contribution is -2.63. The van der Waals surface area contributed by atoms with Crippen LogP contribution in [-0.2, 0) is 71.3 Å². The number of hydrogen-bond donors (Lipinski definition) is 0. The van der Waals surface area contributed by atoms with Gasteiger partial charge in [0.1, 0.15) is 37.1 Å². The van der Waals surface area contributed by atoms with Crippen molar-refractivity contribution in [3.05, 3.63) is 0 Å². The molecular weight excluding hydrogens is 552 g/mol. The van der Waals surface area contributed by atoms with Gasteiger partial charge < -0.3 is 52.1 Å². The van der Waals surface area contributed by atoms with Gasteiger partial charge in [-0.3, -0.25) is 19.2 Å². The van der Waals surface area contributed by atoms with E-state index in [4.69, 9.17) is 52.1 Å². The van der Waals surface area contributed by atoms with E-state index in [-0.39, 0.29) is 13.2 Å². The fourth-order valence-corrected chi connectivity index (χ4v) is 5.34. The van der Waals surface area contributed by atoms with Crippen LogP contribution < -0.4 is 0 Å². The second-order valence-corrected chi connectivity index (χ2v) is 11.1. The molecule has 4 aliphatic heterocycles. The van der Waals surface area contributed by atoms with Crippen LogP contribution in [0.1, 0.15) is 55.4 Å². The first-order valence-electron chi connectivity index (χ1n) is 13.3. The maximum Gasteiger partial charge on any atom is 0.303 e. The van der Waals surface area contributed by atoms with E-state index in [0.29, 0.717) is 0 Å². The van der Waals surface area contributed by atoms with Gasteiger partial charge in [0.2, 0.25) is 0 Å². The van der Waals surface area contributed by atoms with E-state index in [9.17, 15) is 19.2 Å². The Hall–Kier alpha value is -2.40. The second kappa shape index (κ2) is 12.1. The summed E-state index contributed by atoms with van der Waals surface area (Å²) in [6.45, 7) is 11.1. The number of carbonyl (C=O) groups excluding carboxylic acids is 4. The molecule has 0 bridgehead atoms. The van der Waals surface area contributed by atoms with Crippen molar-refractivity contribution in [1.29, 1.82) is 0 Å². The van der Waals surface area contributed by atoms with Crippen LogP contribution in [0.4, 0.5) is 0 Å². The first-order chi connectivity index (χ1) is 19.0. The van der Waals surface area contributed by atoms with Gasteiger partial charge in [-0.25, -0.2) is 0 Å². The maximum absolute atomic E-state index is 12.1. The molecule has 4 fully saturated rings. The molecule has 0 unspecified atom stereocenters. The Balaban J connectivity index is 1.59. The summed E-state index contributed by atoms with van der Waals surface area (Å²) >= 11 is 0. The van der Waals surface area contributed by atoms with E-state index >= 15 is 0 Å². The zero-order chi connectivity index (χ0) is 30.3. The van der Waals surface area contributed by atoms with Crippen molar-refractivity contribution in [2.24, 2.45) is 0 Å². The van der Waals surface area contributed by atoms with Crippen LogP contribution in [0.3, 0.4) is 0 Å². The lowest BCUT2D eigenvalue weighted by molar-refractivity contribution is -0.320. The Kier molecular flexibility index (Phi) is 9.28. The smallest absolute Gasteiger partial charge is 0.303 e. The van der Waals surface area contributed by atoms with Gasteiger partial charge >= 0.3 is 23.9 Å². The number of fused-ring (bicyclic) bond motifs is 3. The summed E-state index contributed by atoms with van der Waals surface area (Å²) in [5.74, 6) is -4.72. The predicted octanol–water partition coefficient (Wildman–Crippen LogP) is 0.483. The predicted molar refractivity (Wildman–Crippen MR) is 130 cm³/mol. The summed E-state index contributed by atoms with van der Waals surface area (Å²) in [7, 11) is 0. The molecule has 4 heterocycles. The minimum Gasteiger partial charge on any atom is -0.463 e. The van der Waals surface area contributed by atoms with E-state index in [1.54, 1.807) is 27.7 Å². The molecule has 0 aliphatic carbocycles. The molecule has 0 N–H and O–H groups in total. The molecule has 4 rings (SSSR count). The number of carbonyl (C=O) groups is 4. The minimum absolute atomic E-state index is 0.179. The van der Waals surface area contributed by atoms with Crippen molar-refractivity contribution < 1.29 is 71.3 Å². The molecule has 0 spiro atoms. The van der Waals surface area contributed by atoms with Crippen LogP contribution >= 0.6 is 0 Å². The highest BCUT2D eigenvalue weighted by atomic mass is 16.9. The molecular formula is C26H38O15. The van der Waals surface area contributed by atoms with Gasteiger partial charge in [-0.15, -0.1) is 0 Å². The van der Waals surface area contributed by atoms with Gasteiger partial charge in [0.15, 0.2) is 42.5 Å². The van der Waals surface area contributed by atoms with E-state index in [2.05, 4.69) is 0 Å². The third-order valence-corrected chi connectivity index (χ3v) is 6.62. The molecule has 0 saturated carbocycles. The number of esters is 4. The van der Waals surface area contributed by atoms with Crippen molar-refractivity contribution in [2.45, 2.75) is 128 Å². The molecule has 41 heavy (non-hydrogen) atoms. The summed E-state index contributed by atoms with van der Waals surface area (Å²) in [6.07, 6.45) is -9.82. The number of rotatable bonds is 8. The van der Waals surface area contributed by atoms with Crippen molar-refractivity contribution in [3.63, 3.8) is 0 Å². The van der Waals surface area contributed by atoms with Gasteiger partial charge in [0, 0.05) is 27.7 Å². The molecule has 0 aromatic carbocycles. The molecule has 15 nitrogen and oxygen atoms in total. The third-order valence-electron chi connectivity index (χ3n) is 6.62. The fourth-order valence-electron chi connectivity index (χ4n) is 5.34. The summed E-state index contributed by atoms with van der Waals surface area (Å²) < 4.78 is 63.8. The highest BCUT2D eigenvalue weighted by molar-refractivity contribution is 5.68. The first kappa shape index (κ1) is 31.5. The molecule has 0 aromatic heterocycles. The molecule has 0 aromatic rings. The van der Waals surface area contributed by atoms with Gasteiger partial charge in [0.05, 0.1) is 6.61 Å². The second-order valence-electron chi connectivity index (χ2n) is 11.1. The zero-order valence-electron chi connectivity index (χ0n) is 24.3. The van der Waals surface area contributed by atoms with E-state index in [1.165, 1.54) is 6.92 Å². The van der Waals surface area contributed by atoms with Crippen LogP contribution in [0.15, 0.2) is 0 Å². The highest BCUT2D eigenvalue weighted by Gasteiger charge is 2.61. The monoisotopic (exact) mass is 590 g/mol. The molecule has 0 amide bonds. The van der Waals surface area contributed by atoms with Gasteiger partial charge in [0.25, 0.3) is 0 Å². The summed E-state index contributed by atoms with van der Waals surface area (Å²) in [6, 6.07) is 0. The van der Waals surface area contributed by atoms with Crippen molar-refractivity contribution >= 4 is 23.9 Å². The zero-order valence-corrected chi connectivity index (χ0v) is 24.3. The molecule has 10 atom stereocenters. The summed E-state index contributed by atoms with van der Waals surface area (Å²) in [5.41, 5.74) is 0. The van der Waals surface area contributed by atoms with E-state index in [1.807, 2.05) is 0 Å². The van der Waals surface area contributed by atoms with Crippen molar-refractivity contribution in [2.75, 3.05) is 13.2 Å². The van der Waals surface area contributed by atoms with Crippen LogP contribution in [0.2, 0.25) is 0 Å². The average Bonchev–Trinajstić information content (AvgIpc) is 3.32. The normalized spacial score (nSPS) is 38.7. The van der Waals surface area contributed by atoms with Crippen molar-refractivity contribution in [1.82, 2.24) is 0 Å². The first-order valence-corrected chi connectivity index (χ1v) is 13.3. The fraction of sp³-hybridized carbons (Fsp3) is 0.846. The van der Waals surface area contributed by atoms with Crippen LogP contribution in [0, 0.1) is 0 Å². The molecule has 0 radical (unpaired) electrons. The largest absolute Gasteiger partial charge is 0.463 e. The standard InChI is InChI=1S/C26H38O15/c1-11(27)31-9-15-17(33-12(2)28)19(34-13(3)29)21(35-14(4)30)23(36-15)32-10-16-18-20(39-25(5,6)38-18)22-24(37-16)41-26(7,8)40-22/h15-24H,9-10H2,1-8H3/t15-,16-,17-,18+,19+,20+,21-,22-,23-,24-/m1/s1. The Morgan fingerprint density at radius 1 is 0.585 bits per heavy atom. The Morgan fingerprint density at radius 2 is 1.12 bits per heavy atom. The van der Waals surface area contributed by atoms with Crippen LogP contribution in [-0.4, -0.2) is 110 Å². The highest BCUT2D eigenvalue weighted by Crippen LogP contribution is 2.44. The third kappa shape index (κ3) is 7.52. The number of hydrogen-bond acceptors (Lipinski definition) is 15. The molecule has 4 saturated heterocycles. The number of ether oxygens (including phenoxy) is 11. The molecule has 4 aliphatic rings. The Morgan fingerprint density at radius 3 is 1.73 bits per heavy atom. The quantitative estimate of drug-likeness (QED) is 0.282. The maximum atomic E-state index is 12.1. The lowest BCUT2D eigenvalue weighted by Gasteiger charge is -2.44. The minimum atomic E-state index is -1.37. The van der Waals surface area contributed by atoms with E-state index < -0.39 is 96.9 Å². The SMILES string of the molecule is CC(=O)OC[C@H]1O[C@@H](OC[C@H]2O[C@@H]3OC(C)(C)O[C@@H]3[C@H]3OC(C)(C)O[C@H]32)[C@H](OC(C)=O)[C@@H](OC(C)=O)[C@@H]1OC(C)=O. The van der Waals surface area contributed by atoms with Gasteiger partial charge in [-0.2, -0.15) is 0 Å². The Labute approximate surface area is 237 Å². The van der Waals surface area contributed by atoms with E-state index in [0.717, 1.165) is 20.8 Å². The van der Waals surface area contributed by atoms with Crippen molar-refractivity contribution in [3.8, 4) is 0 Å². The molecule has 232 valence electrons. The average molecular weight is 591 g/mol. The lowest BCUT2D eigenvalue weighted by atomic mass is 9.97. The van der Waals surface area contributed by atoms with Gasteiger partial charge in [-0.1, -0.05) is 0 Å². The topological polar surface area (TPSA) is 170 Å². The summed E-state index contributed by atoms with van der Waals surface area (Å²) in [4.78, 5) is 47.6. The van der Waals surface area contributed by atoms with Crippen LogP contribution in [0.5, 0.6) is 0 Å². The van der Waals surface area contributed by atoms with Gasteiger partial charge in [-0.05, 0) is 27.7 Å². The van der Waals surface area contributed by atoms with Crippen LogP contribution in [0.25, 0.3) is 0 Å².